The van der Waals surface area contributed by atoms with Gasteiger partial charge in [0.25, 0.3) is 0 Å². The Morgan fingerprint density at radius 3 is 2.00 bits per heavy atom. The fourth-order valence-electron chi connectivity index (χ4n) is 4.27. The summed E-state index contributed by atoms with van der Waals surface area (Å²) >= 11 is 0. The lowest BCUT2D eigenvalue weighted by Crippen LogP contribution is -2.48. The fraction of sp³-hybridized carbons (Fsp3) is 0.944. The molecule has 0 amide bonds. The van der Waals surface area contributed by atoms with E-state index in [1.165, 1.54) is 12.8 Å². The molecule has 0 unspecified atom stereocenters. The van der Waals surface area contributed by atoms with Crippen molar-refractivity contribution in [2.45, 2.75) is 71.0 Å². The third-order valence-electron chi connectivity index (χ3n) is 6.11. The predicted molar refractivity (Wildman–Crippen MR) is 81.9 cm³/mol. The van der Waals surface area contributed by atoms with Crippen molar-refractivity contribution >= 4 is 5.78 Å². The lowest BCUT2D eigenvalue weighted by molar-refractivity contribution is -0.302. The summed E-state index contributed by atoms with van der Waals surface area (Å²) in [6.45, 7) is 6.22. The van der Waals surface area contributed by atoms with Crippen LogP contribution in [-0.4, -0.2) is 24.8 Å². The van der Waals surface area contributed by atoms with E-state index in [-0.39, 0.29) is 5.79 Å². The average Bonchev–Trinajstić information content (AvgIpc) is 2.50. The molecule has 3 fully saturated rings. The summed E-state index contributed by atoms with van der Waals surface area (Å²) in [5.74, 6) is 2.95. The molecule has 21 heavy (non-hydrogen) atoms. The lowest BCUT2D eigenvalue weighted by atomic mass is 9.71. The first-order valence-electron chi connectivity index (χ1n) is 8.87. The first-order valence-corrected chi connectivity index (χ1v) is 8.87. The van der Waals surface area contributed by atoms with Crippen LogP contribution < -0.4 is 0 Å². The lowest BCUT2D eigenvalue weighted by Gasteiger charge is -2.46. The Balaban J connectivity index is 1.48. The summed E-state index contributed by atoms with van der Waals surface area (Å²) in [6, 6.07) is 0. The minimum atomic E-state index is -0.271. The molecule has 3 nitrogen and oxygen atoms in total. The van der Waals surface area contributed by atoms with Gasteiger partial charge >= 0.3 is 0 Å². The van der Waals surface area contributed by atoms with E-state index in [2.05, 4.69) is 13.8 Å². The summed E-state index contributed by atoms with van der Waals surface area (Å²) in [6.07, 6.45) is 8.39. The Hall–Kier alpha value is -0.410. The van der Waals surface area contributed by atoms with Gasteiger partial charge in [-0.05, 0) is 43.4 Å². The van der Waals surface area contributed by atoms with E-state index in [0.29, 0.717) is 17.6 Å². The first-order chi connectivity index (χ1) is 10.1. The molecule has 0 atom stereocenters. The van der Waals surface area contributed by atoms with Crippen LogP contribution >= 0.6 is 0 Å². The van der Waals surface area contributed by atoms with Crippen LogP contribution in [0.25, 0.3) is 0 Å². The van der Waals surface area contributed by atoms with Gasteiger partial charge in [0.2, 0.25) is 0 Å². The van der Waals surface area contributed by atoms with Crippen molar-refractivity contribution in [3.63, 3.8) is 0 Å². The summed E-state index contributed by atoms with van der Waals surface area (Å²) in [5.41, 5.74) is 0. The van der Waals surface area contributed by atoms with Crippen LogP contribution in [0, 0.1) is 23.7 Å². The molecule has 0 N–H and O–H groups in total. The van der Waals surface area contributed by atoms with Crippen LogP contribution in [0.5, 0.6) is 0 Å². The predicted octanol–water partition coefficient (Wildman–Crippen LogP) is 3.95. The fourth-order valence-corrected chi connectivity index (χ4v) is 4.27. The maximum atomic E-state index is 11.4. The molecule has 0 bridgehead atoms. The maximum Gasteiger partial charge on any atom is 0.168 e. The standard InChI is InChI=1S/C18H30O3/c1-13(2)16-11-20-18(21-12-16)9-7-15(8-10-18)14-3-5-17(19)6-4-14/h13-16H,3-12H2,1-2H3. The number of carbonyl (C=O) groups is 1. The number of ether oxygens (including phenoxy) is 2. The second-order valence-electron chi connectivity index (χ2n) is 7.75. The van der Waals surface area contributed by atoms with Crippen molar-refractivity contribution in [2.24, 2.45) is 23.7 Å². The topological polar surface area (TPSA) is 35.5 Å². The zero-order chi connectivity index (χ0) is 14.9. The van der Waals surface area contributed by atoms with Gasteiger partial charge < -0.3 is 9.47 Å². The maximum absolute atomic E-state index is 11.4. The molecule has 3 heteroatoms. The van der Waals surface area contributed by atoms with Crippen molar-refractivity contribution in [1.29, 1.82) is 0 Å². The number of ketones is 1. The van der Waals surface area contributed by atoms with Gasteiger partial charge in [-0.1, -0.05) is 13.8 Å². The van der Waals surface area contributed by atoms with Crippen molar-refractivity contribution in [3.8, 4) is 0 Å². The largest absolute Gasteiger partial charge is 0.350 e. The molecule has 0 radical (unpaired) electrons. The number of hydrogen-bond acceptors (Lipinski definition) is 3. The van der Waals surface area contributed by atoms with Crippen LogP contribution in [0.3, 0.4) is 0 Å². The smallest absolute Gasteiger partial charge is 0.168 e. The molecular weight excluding hydrogens is 264 g/mol. The van der Waals surface area contributed by atoms with Crippen LogP contribution in [0.1, 0.15) is 65.2 Å². The zero-order valence-corrected chi connectivity index (χ0v) is 13.6. The quantitative estimate of drug-likeness (QED) is 0.773. The third kappa shape index (κ3) is 3.50. The molecule has 3 aliphatic rings. The minimum absolute atomic E-state index is 0.271. The number of Topliss-reactive ketones (excluding diaryl/α,β-unsaturated/α-hetero) is 1. The van der Waals surface area contributed by atoms with Gasteiger partial charge in [0.05, 0.1) is 13.2 Å². The van der Waals surface area contributed by atoms with Crippen molar-refractivity contribution in [3.05, 3.63) is 0 Å². The molecule has 2 saturated carbocycles. The summed E-state index contributed by atoms with van der Waals surface area (Å²) in [7, 11) is 0. The average molecular weight is 294 g/mol. The second-order valence-corrected chi connectivity index (χ2v) is 7.75. The summed E-state index contributed by atoms with van der Waals surface area (Å²) in [5, 5.41) is 0. The Labute approximate surface area is 128 Å². The van der Waals surface area contributed by atoms with Gasteiger partial charge in [-0.15, -0.1) is 0 Å². The molecule has 1 heterocycles. The molecule has 3 rings (SSSR count). The summed E-state index contributed by atoms with van der Waals surface area (Å²) < 4.78 is 12.3. The third-order valence-corrected chi connectivity index (χ3v) is 6.11. The zero-order valence-electron chi connectivity index (χ0n) is 13.6. The van der Waals surface area contributed by atoms with Gasteiger partial charge in [0.15, 0.2) is 5.79 Å². The monoisotopic (exact) mass is 294 g/mol. The molecule has 0 aromatic heterocycles. The van der Waals surface area contributed by atoms with E-state index in [9.17, 15) is 4.79 Å². The Morgan fingerprint density at radius 2 is 1.48 bits per heavy atom. The minimum Gasteiger partial charge on any atom is -0.350 e. The van der Waals surface area contributed by atoms with Gasteiger partial charge in [-0.25, -0.2) is 0 Å². The molecular formula is C18H30O3. The number of hydrogen-bond donors (Lipinski definition) is 0. The van der Waals surface area contributed by atoms with Crippen molar-refractivity contribution < 1.29 is 14.3 Å². The van der Waals surface area contributed by atoms with E-state index >= 15 is 0 Å². The van der Waals surface area contributed by atoms with E-state index in [0.717, 1.165) is 63.6 Å². The Bertz CT molecular complexity index is 349. The van der Waals surface area contributed by atoms with Gasteiger partial charge in [-0.3, -0.25) is 4.79 Å². The number of rotatable bonds is 2. The molecule has 0 aromatic carbocycles. The van der Waals surface area contributed by atoms with E-state index in [4.69, 9.17) is 9.47 Å². The van der Waals surface area contributed by atoms with Gasteiger partial charge in [0.1, 0.15) is 5.78 Å². The SMILES string of the molecule is CC(C)C1COC2(CCC(C3CCC(=O)CC3)CC2)OC1. The highest BCUT2D eigenvalue weighted by atomic mass is 16.7. The van der Waals surface area contributed by atoms with Crippen LogP contribution in [0.4, 0.5) is 0 Å². The molecule has 1 spiro atoms. The first kappa shape index (κ1) is 15.5. The van der Waals surface area contributed by atoms with E-state index in [1.54, 1.807) is 0 Å². The molecule has 2 aliphatic carbocycles. The van der Waals surface area contributed by atoms with Gasteiger partial charge in [0, 0.05) is 31.6 Å². The molecule has 0 aromatic rings. The normalized spacial score (nSPS) is 39.1. The molecule has 1 aliphatic heterocycles. The highest BCUT2D eigenvalue weighted by Gasteiger charge is 2.43. The van der Waals surface area contributed by atoms with Crippen LogP contribution in [0.2, 0.25) is 0 Å². The van der Waals surface area contributed by atoms with Crippen molar-refractivity contribution in [1.82, 2.24) is 0 Å². The summed E-state index contributed by atoms with van der Waals surface area (Å²) in [4.78, 5) is 11.4. The molecule has 1 saturated heterocycles. The van der Waals surface area contributed by atoms with Crippen LogP contribution in [-0.2, 0) is 14.3 Å². The van der Waals surface area contributed by atoms with E-state index in [1.807, 2.05) is 0 Å². The second kappa shape index (κ2) is 6.37. The van der Waals surface area contributed by atoms with Crippen molar-refractivity contribution in [2.75, 3.05) is 13.2 Å². The highest BCUT2D eigenvalue weighted by molar-refractivity contribution is 5.79. The van der Waals surface area contributed by atoms with Crippen LogP contribution in [0.15, 0.2) is 0 Å². The Kier molecular flexibility index (Phi) is 4.70. The number of carbonyl (C=O) groups excluding carboxylic acids is 1. The Morgan fingerprint density at radius 1 is 0.952 bits per heavy atom. The molecule has 120 valence electrons. The van der Waals surface area contributed by atoms with Gasteiger partial charge in [-0.2, -0.15) is 0 Å². The highest BCUT2D eigenvalue weighted by Crippen LogP contribution is 2.44. The van der Waals surface area contributed by atoms with E-state index < -0.39 is 0 Å².